The molecule has 7 atom stereocenters. The maximum Gasteiger partial charge on any atom is 0.0995 e. The van der Waals surface area contributed by atoms with Crippen molar-refractivity contribution in [1.29, 1.82) is 5.26 Å². The van der Waals surface area contributed by atoms with Crippen LogP contribution >= 0.6 is 0 Å². The summed E-state index contributed by atoms with van der Waals surface area (Å²) in [5, 5.41) is 17.1. The Balaban J connectivity index is 1.13. The first-order valence-corrected chi connectivity index (χ1v) is 24.7. The normalized spacial score (nSPS) is 29.3. The molecule has 306 valence electrons. The number of pyridine rings is 1. The minimum absolute atomic E-state index is 0.473. The Morgan fingerprint density at radius 2 is 1.17 bits per heavy atom. The molecule has 0 saturated heterocycles. The smallest absolute Gasteiger partial charge is 0.0995 e. The fourth-order valence-corrected chi connectivity index (χ4v) is 17.7. The second-order valence-electron chi connectivity index (χ2n) is 22.1. The fraction of sp³-hybridized carbons (Fsp3) is 0.311. The van der Waals surface area contributed by atoms with Crippen LogP contribution in [0.15, 0.2) is 115 Å². The van der Waals surface area contributed by atoms with Gasteiger partial charge in [-0.1, -0.05) is 97.1 Å². The van der Waals surface area contributed by atoms with E-state index in [0.29, 0.717) is 29.1 Å². The molecule has 18 rings (SSSR count). The van der Waals surface area contributed by atoms with Gasteiger partial charge in [0.15, 0.2) is 0 Å². The van der Waals surface area contributed by atoms with Crippen LogP contribution in [0.5, 0.6) is 0 Å². The average molecular weight is 822 g/mol. The summed E-state index contributed by atoms with van der Waals surface area (Å²) in [6.45, 7) is 0. The first-order chi connectivity index (χ1) is 31.6. The van der Waals surface area contributed by atoms with Gasteiger partial charge in [-0.2, -0.15) is 5.26 Å². The number of nitriles is 1. The van der Waals surface area contributed by atoms with Crippen molar-refractivity contribution >= 4 is 38.1 Å². The topological polar surface area (TPSA) is 41.1 Å². The zero-order chi connectivity index (χ0) is 41.3. The van der Waals surface area contributed by atoms with Gasteiger partial charge in [0, 0.05) is 38.7 Å². The third-order valence-electron chi connectivity index (χ3n) is 19.6. The average Bonchev–Trinajstić information content (AvgIpc) is 3.97. The van der Waals surface area contributed by atoms with E-state index >= 15 is 0 Å². The zero-order valence-electron chi connectivity index (χ0n) is 36.0. The molecule has 1 spiro atoms. The highest BCUT2D eigenvalue weighted by Gasteiger charge is 2.66. The van der Waals surface area contributed by atoms with Crippen molar-refractivity contribution in [1.82, 2.24) is 9.38 Å². The number of hydrogen-bond donors (Lipinski definition) is 0. The minimum atomic E-state index is 0.473. The predicted molar refractivity (Wildman–Crippen MR) is 258 cm³/mol. The van der Waals surface area contributed by atoms with E-state index in [9.17, 15) is 5.26 Å². The van der Waals surface area contributed by atoms with Crippen LogP contribution in [-0.2, 0) is 0 Å². The molecule has 3 nitrogen and oxygen atoms in total. The molecule has 5 saturated carbocycles. The molecule has 0 amide bonds. The van der Waals surface area contributed by atoms with Crippen LogP contribution < -0.4 is 0 Å². The van der Waals surface area contributed by atoms with Gasteiger partial charge in [0.05, 0.1) is 34.4 Å². The molecule has 9 aromatic rings. The largest absolute Gasteiger partial charge is 0.306 e. The van der Waals surface area contributed by atoms with E-state index in [0.717, 1.165) is 29.2 Å². The molecule has 5 fully saturated rings. The SMILES string of the molecule is N#Cc1cc2c(c3c1C1CC4CC5CC3CC45C1)c1c3c(cc4c5c6c(ncc5n2c41)C1CC2CC(C1)CC6C2)-c1c(-c2ccccc2)cccc1-c1ccccc1-c1ccccc1-3. The lowest BCUT2D eigenvalue weighted by Crippen LogP contribution is -2.41. The van der Waals surface area contributed by atoms with Crippen molar-refractivity contribution in [2.45, 2.75) is 87.9 Å². The van der Waals surface area contributed by atoms with Crippen molar-refractivity contribution in [2.75, 3.05) is 0 Å². The molecule has 3 heterocycles. The summed E-state index contributed by atoms with van der Waals surface area (Å²) in [6, 6.07) is 44.7. The minimum Gasteiger partial charge on any atom is -0.306 e. The summed E-state index contributed by atoms with van der Waals surface area (Å²) in [6.07, 6.45) is 15.4. The van der Waals surface area contributed by atoms with Gasteiger partial charge >= 0.3 is 0 Å². The van der Waals surface area contributed by atoms with Crippen LogP contribution in [0.4, 0.5) is 0 Å². The van der Waals surface area contributed by atoms with E-state index in [4.69, 9.17) is 4.98 Å². The van der Waals surface area contributed by atoms with Gasteiger partial charge in [-0.3, -0.25) is 4.98 Å². The van der Waals surface area contributed by atoms with Crippen molar-refractivity contribution in [3.05, 3.63) is 143 Å². The van der Waals surface area contributed by atoms with Gasteiger partial charge < -0.3 is 4.40 Å². The molecule has 3 aromatic heterocycles. The highest BCUT2D eigenvalue weighted by molar-refractivity contribution is 6.32. The lowest BCUT2D eigenvalue weighted by atomic mass is 9.56. The summed E-state index contributed by atoms with van der Waals surface area (Å²) in [4.78, 5) is 5.63. The van der Waals surface area contributed by atoms with Gasteiger partial charge in [-0.25, -0.2) is 0 Å². The molecule has 6 aromatic carbocycles. The Morgan fingerprint density at radius 3 is 1.94 bits per heavy atom. The van der Waals surface area contributed by atoms with E-state index in [1.807, 2.05) is 0 Å². The predicted octanol–water partition coefficient (Wildman–Crippen LogP) is 15.5. The molecule has 9 aliphatic rings. The molecule has 7 unspecified atom stereocenters. The van der Waals surface area contributed by atoms with Crippen LogP contribution in [0.3, 0.4) is 0 Å². The van der Waals surface area contributed by atoms with Gasteiger partial charge in [0.25, 0.3) is 0 Å². The maximum absolute atomic E-state index is 11.3. The number of benzene rings is 6. The number of rotatable bonds is 1. The van der Waals surface area contributed by atoms with Gasteiger partial charge in [0.2, 0.25) is 0 Å². The molecule has 0 radical (unpaired) electrons. The van der Waals surface area contributed by atoms with E-state index in [-0.39, 0.29) is 0 Å². The molecular formula is C61H47N3. The Labute approximate surface area is 373 Å². The standard InChI is InChI=1S/C61H47N3/c62-29-38-24-49-57(52-37-23-40-25-39-22-36(51(38)52)27-61(39,40)28-37)58-55-46-14-7-6-13-44(46)42-11-4-5-12-43(42)45-16-8-15-41(33-9-2-1-3-10-33)54(45)47(55)26-48-56-50(64(49)60(48)58)30-63-59-35-20-31-17-32(21-35)19-34(18-31)53(56)59/h1-16,24,26,30-32,34-37,39-40H,17-23,25,27-28H2. The first kappa shape index (κ1) is 34.2. The quantitative estimate of drug-likeness (QED) is 0.165. The lowest BCUT2D eigenvalue weighted by molar-refractivity contribution is 0.00322. The number of hydrogen-bond acceptors (Lipinski definition) is 2. The summed E-state index contributed by atoms with van der Waals surface area (Å²) in [5.74, 6) is 5.35. The molecule has 0 aliphatic heterocycles. The fourth-order valence-electron chi connectivity index (χ4n) is 17.7. The van der Waals surface area contributed by atoms with E-state index in [2.05, 4.69) is 126 Å². The monoisotopic (exact) mass is 821 g/mol. The molecule has 7 bridgehead atoms. The Bertz CT molecular complexity index is 3640. The summed E-state index contributed by atoms with van der Waals surface area (Å²) in [5.41, 5.74) is 24.3. The zero-order valence-corrected chi connectivity index (χ0v) is 36.0. The molecule has 0 N–H and O–H groups in total. The third kappa shape index (κ3) is 3.91. The van der Waals surface area contributed by atoms with Gasteiger partial charge in [0.1, 0.15) is 0 Å². The van der Waals surface area contributed by atoms with Crippen LogP contribution in [0.1, 0.15) is 116 Å². The van der Waals surface area contributed by atoms with Gasteiger partial charge in [-0.15, -0.1) is 0 Å². The van der Waals surface area contributed by atoms with Crippen molar-refractivity contribution in [2.24, 2.45) is 29.1 Å². The highest BCUT2D eigenvalue weighted by Crippen LogP contribution is 2.77. The number of aromatic nitrogens is 2. The van der Waals surface area contributed by atoms with Crippen LogP contribution in [0.25, 0.3) is 93.7 Å². The Morgan fingerprint density at radius 1 is 0.516 bits per heavy atom. The van der Waals surface area contributed by atoms with Gasteiger partial charge in [-0.05, 0) is 190 Å². The number of nitrogens with zero attached hydrogens (tertiary/aromatic N) is 3. The van der Waals surface area contributed by atoms with Crippen molar-refractivity contribution in [3.63, 3.8) is 0 Å². The van der Waals surface area contributed by atoms with Crippen LogP contribution in [0.2, 0.25) is 0 Å². The first-order valence-electron chi connectivity index (χ1n) is 24.7. The van der Waals surface area contributed by atoms with E-state index in [1.54, 1.807) is 11.1 Å². The molecular weight excluding hydrogens is 775 g/mol. The van der Waals surface area contributed by atoms with Crippen molar-refractivity contribution in [3.8, 4) is 61.7 Å². The summed E-state index contributed by atoms with van der Waals surface area (Å²) >= 11 is 0. The third-order valence-corrected chi connectivity index (χ3v) is 19.6. The second kappa shape index (κ2) is 11.5. The Kier molecular flexibility index (Phi) is 6.16. The summed E-state index contributed by atoms with van der Waals surface area (Å²) in [7, 11) is 0. The highest BCUT2D eigenvalue weighted by atomic mass is 14.9. The van der Waals surface area contributed by atoms with Crippen LogP contribution in [0, 0.1) is 40.4 Å². The maximum atomic E-state index is 11.3. The number of fused-ring (bicyclic) bond motifs is 21. The molecule has 9 aliphatic carbocycles. The van der Waals surface area contributed by atoms with Crippen LogP contribution in [-0.4, -0.2) is 9.38 Å². The second-order valence-corrected chi connectivity index (χ2v) is 22.1. The molecule has 3 heteroatoms. The van der Waals surface area contributed by atoms with Crippen molar-refractivity contribution < 1.29 is 0 Å². The van der Waals surface area contributed by atoms with E-state index in [1.165, 1.54) is 169 Å². The lowest BCUT2D eigenvalue weighted by Gasteiger charge is -2.48. The summed E-state index contributed by atoms with van der Waals surface area (Å²) < 4.78 is 2.66. The molecule has 64 heavy (non-hydrogen) atoms. The van der Waals surface area contributed by atoms with E-state index < -0.39 is 0 Å². The Hall–Kier alpha value is -6.24.